The van der Waals surface area contributed by atoms with E-state index in [2.05, 4.69) is 10.0 Å². The standard InChI is InChI=1S/C10H18N2O3S/c1-16(14,15)12-3-2-11-10(13)9-5-7-4-8(7)6-9/h7-9,12H,2-6H2,1H3,(H,11,13). The molecule has 0 heterocycles. The molecular weight excluding hydrogens is 228 g/mol. The zero-order chi connectivity index (χ0) is 11.8. The molecule has 0 spiro atoms. The van der Waals surface area contributed by atoms with E-state index in [0.717, 1.165) is 30.9 Å². The van der Waals surface area contributed by atoms with Gasteiger partial charge >= 0.3 is 0 Å². The molecule has 2 aliphatic carbocycles. The molecule has 16 heavy (non-hydrogen) atoms. The van der Waals surface area contributed by atoms with Crippen LogP contribution < -0.4 is 10.0 Å². The quantitative estimate of drug-likeness (QED) is 0.654. The Balaban J connectivity index is 1.61. The van der Waals surface area contributed by atoms with Crippen LogP contribution in [0.1, 0.15) is 19.3 Å². The molecule has 92 valence electrons. The summed E-state index contributed by atoms with van der Waals surface area (Å²) in [6.07, 6.45) is 4.46. The SMILES string of the molecule is CS(=O)(=O)NCCNC(=O)C1CC2CC2C1. The van der Waals surface area contributed by atoms with Crippen molar-refractivity contribution >= 4 is 15.9 Å². The van der Waals surface area contributed by atoms with Crippen molar-refractivity contribution in [3.8, 4) is 0 Å². The maximum atomic E-state index is 11.6. The van der Waals surface area contributed by atoms with Crippen molar-refractivity contribution in [2.24, 2.45) is 17.8 Å². The van der Waals surface area contributed by atoms with Crippen molar-refractivity contribution in [2.75, 3.05) is 19.3 Å². The Morgan fingerprint density at radius 2 is 1.81 bits per heavy atom. The van der Waals surface area contributed by atoms with Gasteiger partial charge in [0.05, 0.1) is 6.26 Å². The molecule has 2 N–H and O–H groups in total. The molecular formula is C10H18N2O3S. The molecule has 2 unspecified atom stereocenters. The van der Waals surface area contributed by atoms with Gasteiger partial charge in [0.2, 0.25) is 15.9 Å². The summed E-state index contributed by atoms with van der Waals surface area (Å²) in [6, 6.07) is 0. The van der Waals surface area contributed by atoms with E-state index >= 15 is 0 Å². The first kappa shape index (κ1) is 11.9. The van der Waals surface area contributed by atoms with Crippen LogP contribution in [-0.4, -0.2) is 33.7 Å². The van der Waals surface area contributed by atoms with Crippen LogP contribution in [0.5, 0.6) is 0 Å². The summed E-state index contributed by atoms with van der Waals surface area (Å²) in [7, 11) is -3.14. The number of fused-ring (bicyclic) bond motifs is 1. The summed E-state index contributed by atoms with van der Waals surface area (Å²) < 4.78 is 23.9. The summed E-state index contributed by atoms with van der Waals surface area (Å²) in [4.78, 5) is 11.6. The minimum atomic E-state index is -3.14. The lowest BCUT2D eigenvalue weighted by Gasteiger charge is -2.12. The summed E-state index contributed by atoms with van der Waals surface area (Å²) in [6.45, 7) is 0.641. The molecule has 0 aliphatic heterocycles. The van der Waals surface area contributed by atoms with Crippen molar-refractivity contribution in [1.82, 2.24) is 10.0 Å². The predicted molar refractivity (Wildman–Crippen MR) is 60.2 cm³/mol. The summed E-state index contributed by atoms with van der Waals surface area (Å²) in [5.74, 6) is 1.85. The zero-order valence-corrected chi connectivity index (χ0v) is 10.2. The van der Waals surface area contributed by atoms with Gasteiger partial charge in [-0.25, -0.2) is 13.1 Å². The second kappa shape index (κ2) is 4.33. The number of nitrogens with one attached hydrogen (secondary N) is 2. The van der Waals surface area contributed by atoms with E-state index in [4.69, 9.17) is 0 Å². The summed E-state index contributed by atoms with van der Waals surface area (Å²) in [5, 5.41) is 2.77. The maximum absolute atomic E-state index is 11.6. The second-order valence-corrected chi connectivity index (χ2v) is 6.71. The lowest BCUT2D eigenvalue weighted by atomic mass is 10.0. The Kier molecular flexibility index (Phi) is 3.21. The molecule has 2 rings (SSSR count). The van der Waals surface area contributed by atoms with Gasteiger partial charge in [-0.3, -0.25) is 4.79 Å². The van der Waals surface area contributed by atoms with Gasteiger partial charge in [-0.05, 0) is 31.1 Å². The van der Waals surface area contributed by atoms with Gasteiger partial charge in [0, 0.05) is 19.0 Å². The molecule has 5 nitrogen and oxygen atoms in total. The molecule has 2 aliphatic rings. The third-order valence-corrected chi connectivity index (χ3v) is 4.13. The van der Waals surface area contributed by atoms with Crippen molar-refractivity contribution in [2.45, 2.75) is 19.3 Å². The van der Waals surface area contributed by atoms with Gasteiger partial charge in [-0.15, -0.1) is 0 Å². The first-order valence-corrected chi connectivity index (χ1v) is 7.57. The molecule has 1 amide bonds. The zero-order valence-electron chi connectivity index (χ0n) is 9.40. The van der Waals surface area contributed by atoms with E-state index < -0.39 is 10.0 Å². The molecule has 0 radical (unpaired) electrons. The molecule has 0 bridgehead atoms. The maximum Gasteiger partial charge on any atom is 0.223 e. The fourth-order valence-corrected chi connectivity index (χ4v) is 2.97. The molecule has 2 fully saturated rings. The van der Waals surface area contributed by atoms with Gasteiger partial charge < -0.3 is 5.32 Å². The monoisotopic (exact) mass is 246 g/mol. The highest BCUT2D eigenvalue weighted by molar-refractivity contribution is 7.88. The van der Waals surface area contributed by atoms with Gasteiger partial charge in [0.25, 0.3) is 0 Å². The first-order chi connectivity index (χ1) is 7.46. The van der Waals surface area contributed by atoms with Crippen LogP contribution in [0.3, 0.4) is 0 Å². The third-order valence-electron chi connectivity index (χ3n) is 3.40. The minimum absolute atomic E-state index is 0.0856. The van der Waals surface area contributed by atoms with Crippen molar-refractivity contribution in [3.05, 3.63) is 0 Å². The Bertz CT molecular complexity index is 370. The van der Waals surface area contributed by atoms with Crippen molar-refractivity contribution in [3.63, 3.8) is 0 Å². The normalized spacial score (nSPS) is 32.2. The number of carbonyl (C=O) groups excluding carboxylic acids is 1. The van der Waals surface area contributed by atoms with E-state index in [-0.39, 0.29) is 18.4 Å². The van der Waals surface area contributed by atoms with Gasteiger partial charge in [0.15, 0.2) is 0 Å². The van der Waals surface area contributed by atoms with Gasteiger partial charge in [-0.2, -0.15) is 0 Å². The predicted octanol–water partition coefficient (Wildman–Crippen LogP) is -0.302. The fourth-order valence-electron chi connectivity index (χ4n) is 2.50. The van der Waals surface area contributed by atoms with E-state index in [1.165, 1.54) is 6.42 Å². The third kappa shape index (κ3) is 3.18. The molecule has 6 heteroatoms. The second-order valence-electron chi connectivity index (χ2n) is 4.88. The largest absolute Gasteiger partial charge is 0.355 e. The van der Waals surface area contributed by atoms with E-state index in [0.29, 0.717) is 6.54 Å². The molecule has 2 saturated carbocycles. The minimum Gasteiger partial charge on any atom is -0.355 e. The molecule has 0 aromatic heterocycles. The number of hydrogen-bond donors (Lipinski definition) is 2. The van der Waals surface area contributed by atoms with Crippen molar-refractivity contribution < 1.29 is 13.2 Å². The average Bonchev–Trinajstić information content (AvgIpc) is 2.79. The Morgan fingerprint density at radius 3 is 2.38 bits per heavy atom. The van der Waals surface area contributed by atoms with Crippen LogP contribution >= 0.6 is 0 Å². The fraction of sp³-hybridized carbons (Fsp3) is 0.900. The Morgan fingerprint density at radius 1 is 1.19 bits per heavy atom. The number of sulfonamides is 1. The summed E-state index contributed by atoms with van der Waals surface area (Å²) >= 11 is 0. The van der Waals surface area contributed by atoms with Crippen molar-refractivity contribution in [1.29, 1.82) is 0 Å². The van der Waals surface area contributed by atoms with Crippen LogP contribution in [0.2, 0.25) is 0 Å². The molecule has 2 atom stereocenters. The Labute approximate surface area is 96.0 Å². The number of hydrogen-bond acceptors (Lipinski definition) is 3. The lowest BCUT2D eigenvalue weighted by Crippen LogP contribution is -2.37. The van der Waals surface area contributed by atoms with Gasteiger partial charge in [0.1, 0.15) is 0 Å². The van der Waals surface area contributed by atoms with Crippen LogP contribution in [0.4, 0.5) is 0 Å². The lowest BCUT2D eigenvalue weighted by molar-refractivity contribution is -0.125. The van der Waals surface area contributed by atoms with Crippen LogP contribution in [-0.2, 0) is 14.8 Å². The smallest absolute Gasteiger partial charge is 0.223 e. The van der Waals surface area contributed by atoms with Crippen LogP contribution in [0.15, 0.2) is 0 Å². The average molecular weight is 246 g/mol. The Hall–Kier alpha value is -0.620. The number of amides is 1. The highest BCUT2D eigenvalue weighted by atomic mass is 32.2. The molecule has 0 saturated heterocycles. The van der Waals surface area contributed by atoms with E-state index in [1.807, 2.05) is 0 Å². The first-order valence-electron chi connectivity index (χ1n) is 5.68. The van der Waals surface area contributed by atoms with E-state index in [9.17, 15) is 13.2 Å². The molecule has 0 aromatic rings. The topological polar surface area (TPSA) is 75.3 Å². The van der Waals surface area contributed by atoms with Crippen LogP contribution in [0, 0.1) is 17.8 Å². The van der Waals surface area contributed by atoms with Gasteiger partial charge in [-0.1, -0.05) is 0 Å². The van der Waals surface area contributed by atoms with Crippen LogP contribution in [0.25, 0.3) is 0 Å². The number of carbonyl (C=O) groups is 1. The number of rotatable bonds is 5. The highest BCUT2D eigenvalue weighted by Crippen LogP contribution is 2.54. The highest BCUT2D eigenvalue weighted by Gasteiger charge is 2.47. The van der Waals surface area contributed by atoms with E-state index in [1.54, 1.807) is 0 Å². The molecule has 0 aromatic carbocycles. The summed E-state index contributed by atoms with van der Waals surface area (Å²) in [5.41, 5.74) is 0.